The first kappa shape index (κ1) is 16.7. The van der Waals surface area contributed by atoms with Crippen LogP contribution in [0.1, 0.15) is 0 Å². The highest BCUT2D eigenvalue weighted by atomic mass is 35.5. The molecule has 1 aliphatic rings. The molecule has 0 N–H and O–H groups in total. The molecule has 1 atom stereocenters. The summed E-state index contributed by atoms with van der Waals surface area (Å²) in [6.07, 6.45) is 2.43. The summed E-state index contributed by atoms with van der Waals surface area (Å²) in [6.45, 7) is 0. The van der Waals surface area contributed by atoms with Crippen LogP contribution in [0.25, 0.3) is 22.3 Å². The Kier molecular flexibility index (Phi) is 3.89. The predicted molar refractivity (Wildman–Crippen MR) is 117 cm³/mol. The van der Waals surface area contributed by atoms with Crippen LogP contribution in [0.3, 0.4) is 0 Å². The van der Waals surface area contributed by atoms with E-state index < -0.39 is 10.0 Å². The van der Waals surface area contributed by atoms with Crippen molar-refractivity contribution in [3.63, 3.8) is 0 Å². The molecule has 0 nitrogen and oxygen atoms in total. The Morgan fingerprint density at radius 3 is 2.00 bits per heavy atom. The van der Waals surface area contributed by atoms with E-state index in [2.05, 4.69) is 91.2 Å². The van der Waals surface area contributed by atoms with Gasteiger partial charge in [-0.3, -0.25) is 0 Å². The second-order valence-corrected chi connectivity index (χ2v) is 10.6. The van der Waals surface area contributed by atoms with Crippen LogP contribution in [0.5, 0.6) is 0 Å². The Morgan fingerprint density at radius 2 is 1.22 bits per heavy atom. The molecule has 0 saturated heterocycles. The van der Waals surface area contributed by atoms with Crippen LogP contribution in [-0.4, -0.2) is 6.26 Å². The van der Waals surface area contributed by atoms with Crippen LogP contribution in [-0.2, 0) is 0 Å². The Labute approximate surface area is 166 Å². The van der Waals surface area contributed by atoms with Gasteiger partial charge in [-0.05, 0) is 69.8 Å². The average Bonchev–Trinajstić information content (AvgIpc) is 2.99. The first-order valence-electron chi connectivity index (χ1n) is 9.01. The standard InChI is InChI=1S/C25H19ClS/c1-27(21-7-3-2-4-8-21)24-10-6-5-9-22(24)23-16-13-19(17-25(23)27)18-11-14-20(26)15-12-18/h2-17H,1H3. The van der Waals surface area contributed by atoms with Gasteiger partial charge < -0.3 is 0 Å². The number of fused-ring (bicyclic) bond motifs is 3. The van der Waals surface area contributed by atoms with Gasteiger partial charge in [-0.1, -0.05) is 72.3 Å². The third-order valence-corrected chi connectivity index (χ3v) is 9.35. The number of benzene rings is 4. The Hall–Kier alpha value is -2.48. The van der Waals surface area contributed by atoms with Gasteiger partial charge in [0, 0.05) is 14.8 Å². The van der Waals surface area contributed by atoms with E-state index in [1.807, 2.05) is 12.1 Å². The highest BCUT2D eigenvalue weighted by molar-refractivity contribution is 8.33. The molecule has 0 amide bonds. The molecule has 5 rings (SSSR count). The van der Waals surface area contributed by atoms with Crippen LogP contribution >= 0.6 is 21.6 Å². The minimum Gasteiger partial charge on any atom is -0.162 e. The summed E-state index contributed by atoms with van der Waals surface area (Å²) in [6, 6.07) is 34.9. The van der Waals surface area contributed by atoms with Crippen molar-refractivity contribution in [3.05, 3.63) is 102 Å². The normalized spacial score (nSPS) is 19.8. The van der Waals surface area contributed by atoms with Crippen LogP contribution in [0, 0.1) is 0 Å². The molecule has 4 aromatic rings. The highest BCUT2D eigenvalue weighted by Gasteiger charge is 2.36. The van der Waals surface area contributed by atoms with Crippen molar-refractivity contribution < 1.29 is 0 Å². The van der Waals surface area contributed by atoms with Crippen molar-refractivity contribution >= 4 is 21.6 Å². The fraction of sp³-hybridized carbons (Fsp3) is 0.0400. The summed E-state index contributed by atoms with van der Waals surface area (Å²) in [5.41, 5.74) is 5.18. The lowest BCUT2D eigenvalue weighted by atomic mass is 10.0. The molecule has 0 bridgehead atoms. The number of hydrogen-bond donors (Lipinski definition) is 0. The van der Waals surface area contributed by atoms with Crippen molar-refractivity contribution in [1.82, 2.24) is 0 Å². The van der Waals surface area contributed by atoms with E-state index in [1.165, 1.54) is 36.9 Å². The molecule has 4 aromatic carbocycles. The summed E-state index contributed by atoms with van der Waals surface area (Å²) in [4.78, 5) is 4.31. The predicted octanol–water partition coefficient (Wildman–Crippen LogP) is 7.90. The van der Waals surface area contributed by atoms with Crippen LogP contribution < -0.4 is 0 Å². The van der Waals surface area contributed by atoms with Gasteiger partial charge in [-0.15, -0.1) is 0 Å². The molecule has 0 aliphatic carbocycles. The molecule has 2 heteroatoms. The monoisotopic (exact) mass is 386 g/mol. The van der Waals surface area contributed by atoms with Gasteiger partial charge in [0.2, 0.25) is 0 Å². The molecule has 0 fully saturated rings. The van der Waals surface area contributed by atoms with Gasteiger partial charge in [0.15, 0.2) is 0 Å². The maximum Gasteiger partial charge on any atom is 0.0406 e. The summed E-state index contributed by atoms with van der Waals surface area (Å²) in [5, 5.41) is 0.770. The quantitative estimate of drug-likeness (QED) is 0.328. The van der Waals surface area contributed by atoms with E-state index >= 15 is 0 Å². The molecule has 1 aliphatic heterocycles. The fourth-order valence-electron chi connectivity index (χ4n) is 4.01. The van der Waals surface area contributed by atoms with Crippen molar-refractivity contribution in [2.24, 2.45) is 0 Å². The Bertz CT molecular complexity index is 1130. The lowest BCUT2D eigenvalue weighted by Gasteiger charge is -2.34. The van der Waals surface area contributed by atoms with E-state index in [9.17, 15) is 0 Å². The van der Waals surface area contributed by atoms with Crippen LogP contribution in [0.2, 0.25) is 5.02 Å². The second-order valence-electron chi connectivity index (χ2n) is 6.95. The van der Waals surface area contributed by atoms with Gasteiger partial charge in [0.1, 0.15) is 0 Å². The van der Waals surface area contributed by atoms with Gasteiger partial charge in [-0.25, -0.2) is 0 Å². The molecule has 1 heterocycles. The van der Waals surface area contributed by atoms with E-state index in [0.717, 1.165) is 5.02 Å². The van der Waals surface area contributed by atoms with Gasteiger partial charge in [-0.2, -0.15) is 10.0 Å². The van der Waals surface area contributed by atoms with Crippen LogP contribution in [0.4, 0.5) is 0 Å². The highest BCUT2D eigenvalue weighted by Crippen LogP contribution is 2.73. The van der Waals surface area contributed by atoms with Crippen molar-refractivity contribution in [2.45, 2.75) is 14.7 Å². The van der Waals surface area contributed by atoms with Gasteiger partial charge in [0.05, 0.1) is 0 Å². The minimum absolute atomic E-state index is 0.770. The Balaban J connectivity index is 1.77. The number of halogens is 1. The zero-order valence-electron chi connectivity index (χ0n) is 15.0. The zero-order valence-corrected chi connectivity index (χ0v) is 16.6. The average molecular weight is 387 g/mol. The van der Waals surface area contributed by atoms with E-state index in [-0.39, 0.29) is 0 Å². The molecular formula is C25H19ClS. The molecule has 27 heavy (non-hydrogen) atoms. The topological polar surface area (TPSA) is 0 Å². The maximum absolute atomic E-state index is 6.08. The Morgan fingerprint density at radius 1 is 0.593 bits per heavy atom. The first-order valence-corrected chi connectivity index (χ1v) is 11.4. The van der Waals surface area contributed by atoms with E-state index in [4.69, 9.17) is 11.6 Å². The fourth-order valence-corrected chi connectivity index (χ4v) is 7.54. The van der Waals surface area contributed by atoms with Gasteiger partial charge >= 0.3 is 0 Å². The largest absolute Gasteiger partial charge is 0.162 e. The summed E-state index contributed by atoms with van der Waals surface area (Å²) < 4.78 is 0. The van der Waals surface area contributed by atoms with Crippen LogP contribution in [0.15, 0.2) is 112 Å². The third kappa shape index (κ3) is 2.54. The number of rotatable bonds is 2. The molecule has 0 aromatic heterocycles. The molecule has 132 valence electrons. The lowest BCUT2D eigenvalue weighted by molar-refractivity contribution is 1.36. The number of hydrogen-bond acceptors (Lipinski definition) is 0. The SMILES string of the molecule is CS1(c2ccccc2)c2ccccc2-c2ccc(-c3ccc(Cl)cc3)cc21. The third-order valence-electron chi connectivity index (χ3n) is 5.43. The molecule has 0 spiro atoms. The first-order chi connectivity index (χ1) is 13.2. The summed E-state index contributed by atoms with van der Waals surface area (Å²) >= 11 is 6.08. The molecule has 0 radical (unpaired) electrons. The van der Waals surface area contributed by atoms with Crippen molar-refractivity contribution in [3.8, 4) is 22.3 Å². The van der Waals surface area contributed by atoms with E-state index in [0.29, 0.717) is 0 Å². The molecular weight excluding hydrogens is 368 g/mol. The van der Waals surface area contributed by atoms with Crippen molar-refractivity contribution in [2.75, 3.05) is 6.26 Å². The van der Waals surface area contributed by atoms with E-state index in [1.54, 1.807) is 0 Å². The molecule has 0 saturated carbocycles. The summed E-state index contributed by atoms with van der Waals surface area (Å²) in [5.74, 6) is 0. The summed E-state index contributed by atoms with van der Waals surface area (Å²) in [7, 11) is -1.27. The smallest absolute Gasteiger partial charge is 0.0406 e. The second kappa shape index (κ2) is 6.30. The van der Waals surface area contributed by atoms with Gasteiger partial charge in [0.25, 0.3) is 0 Å². The zero-order chi connectivity index (χ0) is 18.4. The minimum atomic E-state index is -1.27. The molecule has 1 unspecified atom stereocenters. The lowest BCUT2D eigenvalue weighted by Crippen LogP contribution is -1.97. The van der Waals surface area contributed by atoms with Crippen molar-refractivity contribution in [1.29, 1.82) is 0 Å². The maximum atomic E-state index is 6.08.